The molecule has 0 bridgehead atoms. The van der Waals surface area contributed by atoms with E-state index in [1.165, 1.54) is 19.3 Å². The van der Waals surface area contributed by atoms with Crippen LogP contribution in [0.5, 0.6) is 5.75 Å². The van der Waals surface area contributed by atoms with Gasteiger partial charge in [0.25, 0.3) is 0 Å². The summed E-state index contributed by atoms with van der Waals surface area (Å²) < 4.78 is 5.75. The van der Waals surface area contributed by atoms with Crippen LogP contribution in [0.25, 0.3) is 0 Å². The van der Waals surface area contributed by atoms with Crippen molar-refractivity contribution in [3.05, 3.63) is 27.2 Å². The van der Waals surface area contributed by atoms with Gasteiger partial charge in [0.1, 0.15) is 11.9 Å². The number of hydrogen-bond acceptors (Lipinski definition) is 2. The van der Waals surface area contributed by atoms with E-state index in [1.807, 2.05) is 6.92 Å². The summed E-state index contributed by atoms with van der Waals surface area (Å²) in [4.78, 5) is 0. The molecule has 1 aromatic rings. The Labute approximate surface area is 130 Å². The number of rotatable bonds is 8. The Hall–Kier alpha value is -0.150. The lowest BCUT2D eigenvalue weighted by Gasteiger charge is -2.17. The van der Waals surface area contributed by atoms with E-state index in [-0.39, 0.29) is 6.10 Å². The van der Waals surface area contributed by atoms with Crippen LogP contribution < -0.4 is 10.1 Å². The lowest BCUT2D eigenvalue weighted by atomic mass is 10.2. The number of benzene rings is 1. The van der Waals surface area contributed by atoms with Gasteiger partial charge in [-0.25, -0.2) is 0 Å². The third-order valence-electron chi connectivity index (χ3n) is 2.69. The average Bonchev–Trinajstić information content (AvgIpc) is 2.35. The van der Waals surface area contributed by atoms with E-state index in [2.05, 4.69) is 12.2 Å². The average molecular weight is 325 g/mol. The highest BCUT2D eigenvalue weighted by atomic mass is 35.5. The first kappa shape index (κ1) is 16.9. The quantitative estimate of drug-likeness (QED) is 0.524. The Balaban J connectivity index is 2.40. The summed E-state index contributed by atoms with van der Waals surface area (Å²) in [6.07, 6.45) is 3.70. The van der Waals surface area contributed by atoms with Crippen molar-refractivity contribution in [3.63, 3.8) is 0 Å². The van der Waals surface area contributed by atoms with Crippen molar-refractivity contribution in [2.24, 2.45) is 0 Å². The molecule has 19 heavy (non-hydrogen) atoms. The van der Waals surface area contributed by atoms with Gasteiger partial charge in [0, 0.05) is 12.6 Å². The zero-order valence-corrected chi connectivity index (χ0v) is 13.6. The first-order valence-corrected chi connectivity index (χ1v) is 7.70. The zero-order chi connectivity index (χ0) is 14.3. The number of hydrogen-bond donors (Lipinski definition) is 1. The van der Waals surface area contributed by atoms with Gasteiger partial charge in [-0.05, 0) is 26.0 Å². The smallest absolute Gasteiger partial charge is 0.139 e. The molecule has 0 fully saturated rings. The molecule has 0 saturated heterocycles. The van der Waals surface area contributed by atoms with E-state index in [1.54, 1.807) is 12.1 Å². The summed E-state index contributed by atoms with van der Waals surface area (Å²) in [6.45, 7) is 5.97. The molecule has 0 aliphatic heterocycles. The maximum absolute atomic E-state index is 6.06. The SMILES string of the molecule is CCCCCNCC(C)Oc1cc(Cl)c(Cl)cc1Cl. The highest BCUT2D eigenvalue weighted by molar-refractivity contribution is 6.43. The van der Waals surface area contributed by atoms with Gasteiger partial charge in [0.2, 0.25) is 0 Å². The van der Waals surface area contributed by atoms with Crippen molar-refractivity contribution < 1.29 is 4.74 Å². The molecule has 0 saturated carbocycles. The highest BCUT2D eigenvalue weighted by Crippen LogP contribution is 2.34. The minimum Gasteiger partial charge on any atom is -0.488 e. The number of ether oxygens (including phenoxy) is 1. The highest BCUT2D eigenvalue weighted by Gasteiger charge is 2.10. The van der Waals surface area contributed by atoms with Crippen molar-refractivity contribution >= 4 is 34.8 Å². The molecule has 108 valence electrons. The molecule has 0 aromatic heterocycles. The summed E-state index contributed by atoms with van der Waals surface area (Å²) in [7, 11) is 0. The molecule has 5 heteroatoms. The molecular weight excluding hydrogens is 305 g/mol. The molecular formula is C14H20Cl3NO. The van der Waals surface area contributed by atoms with Gasteiger partial charge < -0.3 is 10.1 Å². The van der Waals surface area contributed by atoms with Crippen LogP contribution in [0.4, 0.5) is 0 Å². The predicted octanol–water partition coefficient (Wildman–Crippen LogP) is 5.19. The second-order valence-corrected chi connectivity index (χ2v) is 5.76. The topological polar surface area (TPSA) is 21.3 Å². The van der Waals surface area contributed by atoms with Gasteiger partial charge in [-0.1, -0.05) is 54.6 Å². The summed E-state index contributed by atoms with van der Waals surface area (Å²) in [5.74, 6) is 0.568. The van der Waals surface area contributed by atoms with Gasteiger partial charge in [-0.2, -0.15) is 0 Å². The second-order valence-electron chi connectivity index (χ2n) is 4.54. The standard InChI is InChI=1S/C14H20Cl3NO/c1-3-4-5-6-18-9-10(2)19-14-8-12(16)11(15)7-13(14)17/h7-8,10,18H,3-6,9H2,1-2H3. The molecule has 0 amide bonds. The summed E-state index contributed by atoms with van der Waals surface area (Å²) in [6, 6.07) is 3.25. The van der Waals surface area contributed by atoms with Gasteiger partial charge in [-0.3, -0.25) is 0 Å². The van der Waals surface area contributed by atoms with Crippen molar-refractivity contribution in [3.8, 4) is 5.75 Å². The van der Waals surface area contributed by atoms with E-state index >= 15 is 0 Å². The number of nitrogens with one attached hydrogen (secondary N) is 1. The van der Waals surface area contributed by atoms with Gasteiger partial charge >= 0.3 is 0 Å². The third kappa shape index (κ3) is 6.22. The number of halogens is 3. The zero-order valence-electron chi connectivity index (χ0n) is 11.3. The Kier molecular flexibility index (Phi) is 7.93. The van der Waals surface area contributed by atoms with E-state index < -0.39 is 0 Å². The van der Waals surface area contributed by atoms with Gasteiger partial charge in [-0.15, -0.1) is 0 Å². The van der Waals surface area contributed by atoms with Crippen LogP contribution >= 0.6 is 34.8 Å². The van der Waals surface area contributed by atoms with Gasteiger partial charge in [0.15, 0.2) is 0 Å². The lowest BCUT2D eigenvalue weighted by molar-refractivity contribution is 0.217. The monoisotopic (exact) mass is 323 g/mol. The molecule has 1 unspecified atom stereocenters. The van der Waals surface area contributed by atoms with E-state index in [0.717, 1.165) is 13.1 Å². The molecule has 1 N–H and O–H groups in total. The van der Waals surface area contributed by atoms with Crippen molar-refractivity contribution in [1.82, 2.24) is 5.32 Å². The largest absolute Gasteiger partial charge is 0.488 e. The van der Waals surface area contributed by atoms with Crippen molar-refractivity contribution in [2.75, 3.05) is 13.1 Å². The number of unbranched alkanes of at least 4 members (excludes halogenated alkanes) is 2. The van der Waals surface area contributed by atoms with Crippen molar-refractivity contribution in [1.29, 1.82) is 0 Å². The predicted molar refractivity (Wildman–Crippen MR) is 84.0 cm³/mol. The Morgan fingerprint density at radius 3 is 2.47 bits per heavy atom. The molecule has 1 rings (SSSR count). The minimum atomic E-state index is 0.0244. The second kappa shape index (κ2) is 8.91. The fourth-order valence-corrected chi connectivity index (χ4v) is 2.24. The van der Waals surface area contributed by atoms with Crippen LogP contribution in [0.15, 0.2) is 12.1 Å². The fraction of sp³-hybridized carbons (Fsp3) is 0.571. The Morgan fingerprint density at radius 1 is 1.11 bits per heavy atom. The first-order valence-electron chi connectivity index (χ1n) is 6.56. The van der Waals surface area contributed by atoms with Crippen LogP contribution in [0.3, 0.4) is 0 Å². The van der Waals surface area contributed by atoms with Crippen LogP contribution in [-0.2, 0) is 0 Å². The molecule has 2 nitrogen and oxygen atoms in total. The molecule has 0 heterocycles. The molecule has 0 radical (unpaired) electrons. The molecule has 0 aliphatic carbocycles. The fourth-order valence-electron chi connectivity index (χ4n) is 1.66. The van der Waals surface area contributed by atoms with E-state index in [4.69, 9.17) is 39.5 Å². The molecule has 0 spiro atoms. The van der Waals surface area contributed by atoms with Crippen LogP contribution in [0.2, 0.25) is 15.1 Å². The summed E-state index contributed by atoms with van der Waals surface area (Å²) >= 11 is 17.9. The normalized spacial score (nSPS) is 12.5. The minimum absolute atomic E-state index is 0.0244. The van der Waals surface area contributed by atoms with Crippen LogP contribution in [0.1, 0.15) is 33.1 Å². The Bertz CT molecular complexity index is 399. The first-order chi connectivity index (χ1) is 9.04. The maximum atomic E-state index is 6.06. The molecule has 0 aliphatic rings. The van der Waals surface area contributed by atoms with Crippen LogP contribution in [0, 0.1) is 0 Å². The van der Waals surface area contributed by atoms with Gasteiger partial charge in [0.05, 0.1) is 15.1 Å². The molecule has 1 aromatic carbocycles. The van der Waals surface area contributed by atoms with Crippen LogP contribution in [-0.4, -0.2) is 19.2 Å². The third-order valence-corrected chi connectivity index (χ3v) is 3.71. The lowest BCUT2D eigenvalue weighted by Crippen LogP contribution is -2.29. The maximum Gasteiger partial charge on any atom is 0.139 e. The Morgan fingerprint density at radius 2 is 1.79 bits per heavy atom. The van der Waals surface area contributed by atoms with E-state index in [0.29, 0.717) is 20.8 Å². The summed E-state index contributed by atoms with van der Waals surface area (Å²) in [5, 5.41) is 4.72. The van der Waals surface area contributed by atoms with Crippen molar-refractivity contribution in [2.45, 2.75) is 39.2 Å². The van der Waals surface area contributed by atoms with E-state index in [9.17, 15) is 0 Å². The molecule has 1 atom stereocenters. The summed E-state index contributed by atoms with van der Waals surface area (Å²) in [5.41, 5.74) is 0.